The monoisotopic (exact) mass is 303 g/mol. The molecule has 4 nitrogen and oxygen atoms in total. The maximum atomic E-state index is 10.7. The lowest BCUT2D eigenvalue weighted by Crippen LogP contribution is -2.33. The molecule has 1 aliphatic heterocycles. The van der Waals surface area contributed by atoms with Crippen LogP contribution in [0.15, 0.2) is 53.4 Å². The van der Waals surface area contributed by atoms with Gasteiger partial charge in [0.1, 0.15) is 6.29 Å². The summed E-state index contributed by atoms with van der Waals surface area (Å²) in [5.74, 6) is 0.358. The second-order valence-corrected chi connectivity index (χ2v) is 7.30. The Morgan fingerprint density at radius 2 is 1.81 bits per heavy atom. The summed E-state index contributed by atoms with van der Waals surface area (Å²) in [7, 11) is -2.67. The molecule has 0 spiro atoms. The van der Waals surface area contributed by atoms with Gasteiger partial charge in [0.2, 0.25) is 0 Å². The first-order chi connectivity index (χ1) is 10.1. The van der Waals surface area contributed by atoms with Crippen LogP contribution >= 0.6 is 10.6 Å². The molecule has 2 aromatic rings. The van der Waals surface area contributed by atoms with Gasteiger partial charge >= 0.3 is 0 Å². The highest BCUT2D eigenvalue weighted by Crippen LogP contribution is 2.54. The van der Waals surface area contributed by atoms with E-state index in [1.165, 1.54) is 0 Å². The SMILES string of the molecule is O=Cc1ccc(CN2CCS(O)(O)c3ccccc32)cc1. The van der Waals surface area contributed by atoms with Crippen LogP contribution in [-0.4, -0.2) is 27.7 Å². The van der Waals surface area contributed by atoms with Gasteiger partial charge in [0.05, 0.1) is 16.3 Å². The number of benzene rings is 2. The van der Waals surface area contributed by atoms with Gasteiger partial charge in [0.15, 0.2) is 0 Å². The van der Waals surface area contributed by atoms with E-state index in [0.29, 0.717) is 29.3 Å². The Balaban J connectivity index is 1.88. The third-order valence-corrected chi connectivity index (χ3v) is 5.49. The van der Waals surface area contributed by atoms with Gasteiger partial charge in [-0.1, -0.05) is 36.4 Å². The molecule has 21 heavy (non-hydrogen) atoms. The lowest BCUT2D eigenvalue weighted by atomic mass is 10.1. The molecule has 0 fully saturated rings. The summed E-state index contributed by atoms with van der Waals surface area (Å²) in [4.78, 5) is 13.4. The topological polar surface area (TPSA) is 60.8 Å². The lowest BCUT2D eigenvalue weighted by molar-refractivity contribution is 0.112. The number of carbonyl (C=O) groups excluding carboxylic acids is 1. The average molecular weight is 303 g/mol. The predicted molar refractivity (Wildman–Crippen MR) is 85.3 cm³/mol. The summed E-state index contributed by atoms with van der Waals surface area (Å²) in [6.45, 7) is 1.29. The Kier molecular flexibility index (Phi) is 3.71. The van der Waals surface area contributed by atoms with Crippen molar-refractivity contribution in [2.45, 2.75) is 11.4 Å². The summed E-state index contributed by atoms with van der Waals surface area (Å²) >= 11 is 0. The molecule has 0 amide bonds. The van der Waals surface area contributed by atoms with Crippen LogP contribution in [0.2, 0.25) is 0 Å². The number of fused-ring (bicyclic) bond motifs is 1. The van der Waals surface area contributed by atoms with Crippen LogP contribution in [0.1, 0.15) is 15.9 Å². The van der Waals surface area contributed by atoms with E-state index in [1.54, 1.807) is 18.2 Å². The number of hydrogen-bond donors (Lipinski definition) is 2. The molecule has 0 saturated carbocycles. The van der Waals surface area contributed by atoms with Crippen LogP contribution < -0.4 is 4.90 Å². The van der Waals surface area contributed by atoms with E-state index in [9.17, 15) is 13.9 Å². The molecule has 0 aliphatic carbocycles. The minimum absolute atomic E-state index is 0.358. The third kappa shape index (κ3) is 2.81. The van der Waals surface area contributed by atoms with Gasteiger partial charge in [-0.05, 0) is 17.7 Å². The number of para-hydroxylation sites is 1. The number of aldehydes is 1. The van der Waals surface area contributed by atoms with E-state index in [2.05, 4.69) is 4.90 Å². The molecule has 1 aliphatic rings. The number of rotatable bonds is 3. The smallest absolute Gasteiger partial charge is 0.150 e. The van der Waals surface area contributed by atoms with Crippen LogP contribution in [0.5, 0.6) is 0 Å². The highest BCUT2D eigenvalue weighted by Gasteiger charge is 2.28. The van der Waals surface area contributed by atoms with Crippen LogP contribution in [0.3, 0.4) is 0 Å². The summed E-state index contributed by atoms with van der Waals surface area (Å²) in [6.07, 6.45) is 0.829. The zero-order valence-electron chi connectivity index (χ0n) is 11.5. The van der Waals surface area contributed by atoms with Crippen molar-refractivity contribution >= 4 is 22.6 Å². The maximum Gasteiger partial charge on any atom is 0.150 e. The number of nitrogens with zero attached hydrogens (tertiary/aromatic N) is 1. The highest BCUT2D eigenvalue weighted by molar-refractivity contribution is 8.24. The molecule has 0 aromatic heterocycles. The average Bonchev–Trinajstić information content (AvgIpc) is 2.51. The molecule has 0 saturated heterocycles. The minimum Gasteiger partial charge on any atom is -0.364 e. The van der Waals surface area contributed by atoms with Crippen molar-refractivity contribution in [2.24, 2.45) is 0 Å². The Hall–Kier alpha value is -1.82. The molecule has 5 heteroatoms. The van der Waals surface area contributed by atoms with Gasteiger partial charge in [0, 0.05) is 18.7 Å². The zero-order chi connectivity index (χ0) is 14.9. The van der Waals surface area contributed by atoms with Gasteiger partial charge in [0.25, 0.3) is 0 Å². The van der Waals surface area contributed by atoms with E-state index >= 15 is 0 Å². The lowest BCUT2D eigenvalue weighted by Gasteiger charge is -2.43. The van der Waals surface area contributed by atoms with Gasteiger partial charge in [-0.3, -0.25) is 13.9 Å². The summed E-state index contributed by atoms with van der Waals surface area (Å²) in [5, 5.41) is 0. The third-order valence-electron chi connectivity index (χ3n) is 3.69. The molecule has 0 unspecified atom stereocenters. The quantitative estimate of drug-likeness (QED) is 0.850. The minimum atomic E-state index is -2.67. The molecule has 2 N–H and O–H groups in total. The van der Waals surface area contributed by atoms with E-state index < -0.39 is 10.6 Å². The first kappa shape index (κ1) is 14.1. The summed E-state index contributed by atoms with van der Waals surface area (Å²) in [6, 6.07) is 14.9. The Morgan fingerprint density at radius 3 is 2.52 bits per heavy atom. The summed E-state index contributed by atoms with van der Waals surface area (Å²) < 4.78 is 20.3. The normalized spacial score (nSPS) is 17.9. The Bertz CT molecular complexity index is 655. The van der Waals surface area contributed by atoms with E-state index in [4.69, 9.17) is 0 Å². The van der Waals surface area contributed by atoms with Crippen LogP contribution in [0.4, 0.5) is 5.69 Å². The van der Waals surface area contributed by atoms with Crippen LogP contribution in [0.25, 0.3) is 0 Å². The zero-order valence-corrected chi connectivity index (χ0v) is 12.3. The van der Waals surface area contributed by atoms with Crippen molar-refractivity contribution in [2.75, 3.05) is 17.2 Å². The number of anilines is 1. The highest BCUT2D eigenvalue weighted by atomic mass is 32.3. The number of carbonyl (C=O) groups is 1. The molecule has 0 radical (unpaired) electrons. The molecule has 3 rings (SSSR count). The van der Waals surface area contributed by atoms with Crippen molar-refractivity contribution < 1.29 is 13.9 Å². The fourth-order valence-corrected chi connectivity index (χ4v) is 4.07. The second-order valence-electron chi connectivity index (χ2n) is 5.12. The maximum absolute atomic E-state index is 10.7. The van der Waals surface area contributed by atoms with Crippen molar-refractivity contribution in [3.8, 4) is 0 Å². The van der Waals surface area contributed by atoms with Crippen LogP contribution in [0, 0.1) is 0 Å². The fourth-order valence-electron chi connectivity index (χ4n) is 2.55. The van der Waals surface area contributed by atoms with E-state index in [0.717, 1.165) is 17.5 Å². The first-order valence-electron chi connectivity index (χ1n) is 6.74. The largest absolute Gasteiger partial charge is 0.364 e. The van der Waals surface area contributed by atoms with E-state index in [1.807, 2.05) is 30.3 Å². The van der Waals surface area contributed by atoms with Gasteiger partial charge < -0.3 is 4.90 Å². The van der Waals surface area contributed by atoms with Crippen molar-refractivity contribution in [3.05, 3.63) is 59.7 Å². The second kappa shape index (κ2) is 5.52. The van der Waals surface area contributed by atoms with E-state index in [-0.39, 0.29) is 0 Å². The standard InChI is InChI=1S/C16H17NO3S/c18-12-14-7-5-13(6-8-14)11-17-9-10-21(19,20)16-4-2-1-3-15(16)17/h1-8,12,19-20H,9-11H2. The van der Waals surface area contributed by atoms with Crippen molar-refractivity contribution in [1.82, 2.24) is 0 Å². The summed E-state index contributed by atoms with van der Waals surface area (Å²) in [5.41, 5.74) is 2.63. The van der Waals surface area contributed by atoms with Crippen LogP contribution in [-0.2, 0) is 6.54 Å². The van der Waals surface area contributed by atoms with Gasteiger partial charge in [-0.15, -0.1) is 0 Å². The molecule has 110 valence electrons. The van der Waals surface area contributed by atoms with Gasteiger partial charge in [-0.25, -0.2) is 0 Å². The van der Waals surface area contributed by atoms with Crippen molar-refractivity contribution in [3.63, 3.8) is 0 Å². The fraction of sp³-hybridized carbons (Fsp3) is 0.188. The molecule has 0 atom stereocenters. The first-order valence-corrected chi connectivity index (χ1v) is 8.46. The molecular weight excluding hydrogens is 286 g/mol. The number of hydrogen-bond acceptors (Lipinski definition) is 4. The Morgan fingerprint density at radius 1 is 1.10 bits per heavy atom. The molecule has 1 heterocycles. The molecule has 2 aromatic carbocycles. The molecular formula is C16H17NO3S. The molecule has 0 bridgehead atoms. The van der Waals surface area contributed by atoms with Crippen molar-refractivity contribution in [1.29, 1.82) is 0 Å². The van der Waals surface area contributed by atoms with Gasteiger partial charge in [-0.2, -0.15) is 10.6 Å². The predicted octanol–water partition coefficient (Wildman–Crippen LogP) is 3.63. The Labute approximate surface area is 125 Å².